The Morgan fingerprint density at radius 2 is 1.87 bits per heavy atom. The highest BCUT2D eigenvalue weighted by Crippen LogP contribution is 2.34. The number of rotatable bonds is 2. The van der Waals surface area contributed by atoms with Crippen molar-refractivity contribution in [3.63, 3.8) is 0 Å². The van der Waals surface area contributed by atoms with E-state index in [1.807, 2.05) is 6.92 Å². The highest BCUT2D eigenvalue weighted by Gasteiger charge is 2.41. The van der Waals surface area contributed by atoms with Gasteiger partial charge in [0.1, 0.15) is 0 Å². The monoisotopic (exact) mass is 222 g/mol. The summed E-state index contributed by atoms with van der Waals surface area (Å²) in [5, 5.41) is 7.65. The Kier molecular flexibility index (Phi) is 3.99. The molecule has 0 unspecified atom stereocenters. The quantitative estimate of drug-likeness (QED) is 0.564. The summed E-state index contributed by atoms with van der Waals surface area (Å²) in [6.07, 6.45) is -2.25. The molecular formula is C10H17F3N2. The molecule has 0 radical (unpaired) electrons. The van der Waals surface area contributed by atoms with E-state index >= 15 is 0 Å². The van der Waals surface area contributed by atoms with Gasteiger partial charge in [0.15, 0.2) is 0 Å². The smallest absolute Gasteiger partial charge is 0.361 e. The average molecular weight is 222 g/mol. The van der Waals surface area contributed by atoms with Crippen LogP contribution in [0.5, 0.6) is 0 Å². The summed E-state index contributed by atoms with van der Waals surface area (Å²) in [4.78, 5) is 1.77. The zero-order chi connectivity index (χ0) is 11.5. The maximum atomic E-state index is 12.3. The Labute approximate surface area is 88.0 Å². The topological polar surface area (TPSA) is 27.1 Å². The van der Waals surface area contributed by atoms with Crippen LogP contribution in [0.1, 0.15) is 32.6 Å². The molecule has 0 aliphatic carbocycles. The van der Waals surface area contributed by atoms with Gasteiger partial charge in [0, 0.05) is 19.5 Å². The van der Waals surface area contributed by atoms with Crippen LogP contribution in [0.25, 0.3) is 0 Å². The van der Waals surface area contributed by atoms with Crippen LogP contribution in [0.3, 0.4) is 0 Å². The van der Waals surface area contributed by atoms with Crippen LogP contribution in [0.2, 0.25) is 0 Å². The van der Waals surface area contributed by atoms with Crippen LogP contribution in [0.15, 0.2) is 0 Å². The van der Waals surface area contributed by atoms with Gasteiger partial charge in [-0.15, -0.1) is 0 Å². The number of piperidine rings is 1. The minimum Gasteiger partial charge on any atom is -0.361 e. The number of alkyl halides is 3. The van der Waals surface area contributed by atoms with Crippen molar-refractivity contribution in [2.75, 3.05) is 13.1 Å². The highest BCUT2D eigenvalue weighted by molar-refractivity contribution is 5.79. The fourth-order valence-electron chi connectivity index (χ4n) is 1.87. The zero-order valence-corrected chi connectivity index (χ0v) is 8.90. The number of nitrogens with zero attached hydrogens (tertiary/aromatic N) is 1. The third-order valence-corrected chi connectivity index (χ3v) is 2.83. The summed E-state index contributed by atoms with van der Waals surface area (Å²) in [6.45, 7) is 2.73. The molecule has 1 aliphatic heterocycles. The van der Waals surface area contributed by atoms with Crippen molar-refractivity contribution in [1.82, 2.24) is 4.90 Å². The number of nitrogens with one attached hydrogen (secondary N) is 1. The van der Waals surface area contributed by atoms with Crippen LogP contribution in [0.4, 0.5) is 13.2 Å². The molecule has 0 spiro atoms. The minimum absolute atomic E-state index is 0.135. The SMILES string of the molecule is CCCC(=N)N1CCC(C(F)(F)F)CC1. The van der Waals surface area contributed by atoms with Gasteiger partial charge in [-0.3, -0.25) is 5.41 Å². The largest absolute Gasteiger partial charge is 0.391 e. The van der Waals surface area contributed by atoms with Crippen molar-refractivity contribution in [2.45, 2.75) is 38.8 Å². The lowest BCUT2D eigenvalue weighted by molar-refractivity contribution is -0.183. The van der Waals surface area contributed by atoms with Gasteiger partial charge in [-0.25, -0.2) is 0 Å². The first kappa shape index (κ1) is 12.3. The minimum atomic E-state index is -4.06. The predicted octanol–water partition coefficient (Wildman–Crippen LogP) is 3.04. The van der Waals surface area contributed by atoms with Crippen molar-refractivity contribution >= 4 is 5.84 Å². The molecule has 1 heterocycles. The third-order valence-electron chi connectivity index (χ3n) is 2.83. The molecule has 1 aliphatic rings. The Bertz CT molecular complexity index is 217. The molecule has 0 aromatic carbocycles. The van der Waals surface area contributed by atoms with E-state index in [0.717, 1.165) is 6.42 Å². The van der Waals surface area contributed by atoms with Crippen molar-refractivity contribution in [2.24, 2.45) is 5.92 Å². The number of hydrogen-bond acceptors (Lipinski definition) is 1. The lowest BCUT2D eigenvalue weighted by Gasteiger charge is -2.34. The maximum Gasteiger partial charge on any atom is 0.391 e. The second-order valence-electron chi connectivity index (χ2n) is 4.00. The molecule has 5 heteroatoms. The maximum absolute atomic E-state index is 12.3. The van der Waals surface area contributed by atoms with E-state index in [4.69, 9.17) is 5.41 Å². The summed E-state index contributed by atoms with van der Waals surface area (Å²) in [6, 6.07) is 0. The molecule has 0 aromatic rings. The zero-order valence-electron chi connectivity index (χ0n) is 8.90. The van der Waals surface area contributed by atoms with Gasteiger partial charge in [0.25, 0.3) is 0 Å². The summed E-state index contributed by atoms with van der Waals surface area (Å²) in [5.74, 6) is -0.679. The van der Waals surface area contributed by atoms with E-state index in [9.17, 15) is 13.2 Å². The van der Waals surface area contributed by atoms with Crippen LogP contribution in [-0.2, 0) is 0 Å². The van der Waals surface area contributed by atoms with Crippen LogP contribution in [0, 0.1) is 11.3 Å². The van der Waals surface area contributed by atoms with Gasteiger partial charge in [-0.2, -0.15) is 13.2 Å². The van der Waals surface area contributed by atoms with Crippen molar-refractivity contribution in [3.8, 4) is 0 Å². The summed E-state index contributed by atoms with van der Waals surface area (Å²) in [5.41, 5.74) is 0. The van der Waals surface area contributed by atoms with E-state index in [-0.39, 0.29) is 12.8 Å². The molecule has 0 atom stereocenters. The molecule has 1 N–H and O–H groups in total. The fraction of sp³-hybridized carbons (Fsp3) is 0.900. The van der Waals surface area contributed by atoms with Gasteiger partial charge in [0.05, 0.1) is 11.8 Å². The number of likely N-dealkylation sites (tertiary alicyclic amines) is 1. The Balaban J connectivity index is 2.39. The molecule has 0 bridgehead atoms. The molecular weight excluding hydrogens is 205 g/mol. The molecule has 1 rings (SSSR count). The second-order valence-corrected chi connectivity index (χ2v) is 4.00. The van der Waals surface area contributed by atoms with Gasteiger partial charge < -0.3 is 4.90 Å². The third kappa shape index (κ3) is 3.39. The normalized spacial score (nSPS) is 19.3. The van der Waals surface area contributed by atoms with Crippen molar-refractivity contribution in [1.29, 1.82) is 5.41 Å². The highest BCUT2D eigenvalue weighted by atomic mass is 19.4. The number of hydrogen-bond donors (Lipinski definition) is 1. The summed E-state index contributed by atoms with van der Waals surface area (Å²) < 4.78 is 37.0. The number of amidine groups is 1. The van der Waals surface area contributed by atoms with Gasteiger partial charge >= 0.3 is 6.18 Å². The van der Waals surface area contributed by atoms with Crippen LogP contribution in [-0.4, -0.2) is 30.0 Å². The lowest BCUT2D eigenvalue weighted by atomic mass is 9.96. The van der Waals surface area contributed by atoms with Gasteiger partial charge in [-0.05, 0) is 19.3 Å². The molecule has 0 amide bonds. The van der Waals surface area contributed by atoms with E-state index in [0.29, 0.717) is 25.3 Å². The summed E-state index contributed by atoms with van der Waals surface area (Å²) in [7, 11) is 0. The molecule has 1 fully saturated rings. The molecule has 0 saturated carbocycles. The first-order chi connectivity index (χ1) is 6.95. The Morgan fingerprint density at radius 1 is 1.33 bits per heavy atom. The molecule has 15 heavy (non-hydrogen) atoms. The van der Waals surface area contributed by atoms with Crippen molar-refractivity contribution < 1.29 is 13.2 Å². The number of halogens is 3. The van der Waals surface area contributed by atoms with E-state index in [2.05, 4.69) is 0 Å². The molecule has 0 aromatic heterocycles. The lowest BCUT2D eigenvalue weighted by Crippen LogP contribution is -2.41. The standard InChI is InChI=1S/C10H17F3N2/c1-2-3-9(14)15-6-4-8(5-7-15)10(11,12)13/h8,14H,2-7H2,1H3. The van der Waals surface area contributed by atoms with Crippen LogP contribution >= 0.6 is 0 Å². The van der Waals surface area contributed by atoms with Gasteiger partial charge in [0.2, 0.25) is 0 Å². The average Bonchev–Trinajstić information content (AvgIpc) is 2.17. The summed E-state index contributed by atoms with van der Waals surface area (Å²) >= 11 is 0. The Hall–Kier alpha value is -0.740. The Morgan fingerprint density at radius 3 is 2.27 bits per heavy atom. The molecule has 1 saturated heterocycles. The van der Waals surface area contributed by atoms with E-state index in [1.165, 1.54) is 0 Å². The fourth-order valence-corrected chi connectivity index (χ4v) is 1.87. The van der Waals surface area contributed by atoms with Crippen molar-refractivity contribution in [3.05, 3.63) is 0 Å². The molecule has 88 valence electrons. The van der Waals surface area contributed by atoms with E-state index < -0.39 is 12.1 Å². The molecule has 2 nitrogen and oxygen atoms in total. The predicted molar refractivity (Wildman–Crippen MR) is 53.0 cm³/mol. The van der Waals surface area contributed by atoms with Gasteiger partial charge in [-0.1, -0.05) is 6.92 Å². The first-order valence-corrected chi connectivity index (χ1v) is 5.34. The van der Waals surface area contributed by atoms with E-state index in [1.54, 1.807) is 4.90 Å². The second kappa shape index (κ2) is 4.86. The van der Waals surface area contributed by atoms with Crippen LogP contribution < -0.4 is 0 Å². The first-order valence-electron chi connectivity index (χ1n) is 5.34.